The van der Waals surface area contributed by atoms with Gasteiger partial charge in [-0.2, -0.15) is 4.31 Å². The number of hydrogen-bond donors (Lipinski definition) is 1. The second kappa shape index (κ2) is 8.72. The lowest BCUT2D eigenvalue weighted by molar-refractivity contribution is 0.0696. The van der Waals surface area contributed by atoms with E-state index in [1.807, 2.05) is 0 Å². The Labute approximate surface area is 174 Å². The molecule has 1 fully saturated rings. The third-order valence-electron chi connectivity index (χ3n) is 4.87. The van der Waals surface area contributed by atoms with E-state index in [1.54, 1.807) is 12.1 Å². The Morgan fingerprint density at radius 3 is 2.20 bits per heavy atom. The highest BCUT2D eigenvalue weighted by atomic mass is 32.2. The summed E-state index contributed by atoms with van der Waals surface area (Å²) in [6.07, 6.45) is 0. The maximum Gasteiger partial charge on any atom is 0.335 e. The van der Waals surface area contributed by atoms with Gasteiger partial charge in [0.15, 0.2) is 0 Å². The molecule has 1 saturated heterocycles. The number of hydrogen-bond acceptors (Lipinski definition) is 6. The van der Waals surface area contributed by atoms with Crippen molar-refractivity contribution in [3.05, 3.63) is 53.6 Å². The summed E-state index contributed by atoms with van der Waals surface area (Å²) in [5, 5.41) is 9.09. The second-order valence-corrected chi connectivity index (χ2v) is 8.51. The van der Waals surface area contributed by atoms with Crippen LogP contribution in [-0.4, -0.2) is 75.0 Å². The molecule has 30 heavy (non-hydrogen) atoms. The molecule has 1 amide bonds. The molecule has 1 heterocycles. The van der Waals surface area contributed by atoms with Crippen molar-refractivity contribution >= 4 is 21.9 Å². The number of amides is 1. The standard InChI is InChI=1S/C20H22N2O7S/c1-28-16-6-7-18(17(13-16)29-2)30(26,27)22-10-8-21(9-11-22)19(23)14-4-3-5-15(12-14)20(24)25/h3-7,12-13H,8-11H2,1-2H3,(H,24,25). The second-order valence-electron chi connectivity index (χ2n) is 6.60. The van der Waals surface area contributed by atoms with Gasteiger partial charge in [0.2, 0.25) is 10.0 Å². The number of nitrogens with zero attached hydrogens (tertiary/aromatic N) is 2. The number of aromatic carboxylic acids is 1. The van der Waals surface area contributed by atoms with Crippen molar-refractivity contribution in [3.8, 4) is 11.5 Å². The van der Waals surface area contributed by atoms with Crippen molar-refractivity contribution in [1.29, 1.82) is 0 Å². The number of benzene rings is 2. The Hall–Kier alpha value is -3.11. The van der Waals surface area contributed by atoms with Crippen LogP contribution in [0.2, 0.25) is 0 Å². The van der Waals surface area contributed by atoms with Gasteiger partial charge in [-0.25, -0.2) is 13.2 Å². The molecule has 0 saturated carbocycles. The van der Waals surface area contributed by atoms with E-state index in [9.17, 15) is 18.0 Å². The Morgan fingerprint density at radius 1 is 0.933 bits per heavy atom. The van der Waals surface area contributed by atoms with Gasteiger partial charge in [0.25, 0.3) is 5.91 Å². The molecule has 9 nitrogen and oxygen atoms in total. The third-order valence-corrected chi connectivity index (χ3v) is 6.81. The molecule has 1 aliphatic heterocycles. The quantitative estimate of drug-likeness (QED) is 0.734. The molecule has 10 heteroatoms. The maximum absolute atomic E-state index is 13.1. The Bertz CT molecular complexity index is 1060. The molecule has 0 radical (unpaired) electrons. The third kappa shape index (κ3) is 4.24. The van der Waals surface area contributed by atoms with Crippen molar-refractivity contribution in [2.75, 3.05) is 40.4 Å². The van der Waals surface area contributed by atoms with Gasteiger partial charge in [0.05, 0.1) is 19.8 Å². The zero-order valence-corrected chi connectivity index (χ0v) is 17.4. The van der Waals surface area contributed by atoms with E-state index >= 15 is 0 Å². The fourth-order valence-corrected chi connectivity index (χ4v) is 4.79. The molecule has 2 aromatic rings. The van der Waals surface area contributed by atoms with E-state index in [0.29, 0.717) is 5.75 Å². The first kappa shape index (κ1) is 21.6. The lowest BCUT2D eigenvalue weighted by Crippen LogP contribution is -2.50. The monoisotopic (exact) mass is 434 g/mol. The highest BCUT2D eigenvalue weighted by Gasteiger charge is 2.32. The number of piperazine rings is 1. The lowest BCUT2D eigenvalue weighted by Gasteiger charge is -2.34. The summed E-state index contributed by atoms with van der Waals surface area (Å²) in [6.45, 7) is 0.603. The first-order chi connectivity index (χ1) is 14.3. The van der Waals surface area contributed by atoms with Gasteiger partial charge in [-0.3, -0.25) is 4.79 Å². The van der Waals surface area contributed by atoms with Crippen LogP contribution in [0.25, 0.3) is 0 Å². The summed E-state index contributed by atoms with van der Waals surface area (Å²) < 4.78 is 37.8. The van der Waals surface area contributed by atoms with Gasteiger partial charge in [-0.15, -0.1) is 0 Å². The number of carboxylic acid groups (broad SMARTS) is 1. The molecule has 0 aliphatic carbocycles. The minimum Gasteiger partial charge on any atom is -0.497 e. The van der Waals surface area contributed by atoms with E-state index in [2.05, 4.69) is 0 Å². The van der Waals surface area contributed by atoms with Crippen LogP contribution in [0, 0.1) is 0 Å². The molecule has 1 N–H and O–H groups in total. The fraction of sp³-hybridized carbons (Fsp3) is 0.300. The molecule has 0 bridgehead atoms. The number of ether oxygens (including phenoxy) is 2. The first-order valence-corrected chi connectivity index (χ1v) is 10.6. The normalized spacial score (nSPS) is 14.9. The van der Waals surface area contributed by atoms with Gasteiger partial charge >= 0.3 is 5.97 Å². The average Bonchev–Trinajstić information content (AvgIpc) is 2.78. The molecule has 3 rings (SSSR count). The number of carboxylic acids is 1. The fourth-order valence-electron chi connectivity index (χ4n) is 3.23. The number of carbonyl (C=O) groups is 2. The van der Waals surface area contributed by atoms with Crippen LogP contribution in [0.5, 0.6) is 11.5 Å². The van der Waals surface area contributed by atoms with Crippen molar-refractivity contribution < 1.29 is 32.6 Å². The van der Waals surface area contributed by atoms with Crippen LogP contribution in [0.1, 0.15) is 20.7 Å². The zero-order valence-electron chi connectivity index (χ0n) is 16.6. The number of rotatable bonds is 6. The predicted octanol–water partition coefficient (Wildman–Crippen LogP) is 1.55. The lowest BCUT2D eigenvalue weighted by atomic mass is 10.1. The van der Waals surface area contributed by atoms with Crippen molar-refractivity contribution in [1.82, 2.24) is 9.21 Å². The van der Waals surface area contributed by atoms with Crippen molar-refractivity contribution in [2.45, 2.75) is 4.90 Å². The molecule has 2 aromatic carbocycles. The van der Waals surface area contributed by atoms with Gasteiger partial charge < -0.3 is 19.5 Å². The van der Waals surface area contributed by atoms with E-state index < -0.39 is 16.0 Å². The Balaban J connectivity index is 1.74. The van der Waals surface area contributed by atoms with Gasteiger partial charge in [-0.1, -0.05) is 6.07 Å². The largest absolute Gasteiger partial charge is 0.497 e. The van der Waals surface area contributed by atoms with Crippen LogP contribution in [-0.2, 0) is 10.0 Å². The van der Waals surface area contributed by atoms with E-state index in [-0.39, 0.29) is 53.9 Å². The first-order valence-electron chi connectivity index (χ1n) is 9.12. The number of sulfonamides is 1. The van der Waals surface area contributed by atoms with Crippen molar-refractivity contribution in [2.24, 2.45) is 0 Å². The number of carbonyl (C=O) groups excluding carboxylic acids is 1. The molecule has 0 atom stereocenters. The Kier molecular flexibility index (Phi) is 6.28. The summed E-state index contributed by atoms with van der Waals surface area (Å²) >= 11 is 0. The highest BCUT2D eigenvalue weighted by molar-refractivity contribution is 7.89. The maximum atomic E-state index is 13.1. The summed E-state index contributed by atoms with van der Waals surface area (Å²) in [5.74, 6) is -0.797. The highest BCUT2D eigenvalue weighted by Crippen LogP contribution is 2.31. The van der Waals surface area contributed by atoms with Crippen LogP contribution in [0.4, 0.5) is 0 Å². The summed E-state index contributed by atoms with van der Waals surface area (Å²) in [7, 11) is -0.962. The van der Waals surface area contributed by atoms with Gasteiger partial charge in [0.1, 0.15) is 16.4 Å². The van der Waals surface area contributed by atoms with Crippen LogP contribution in [0.3, 0.4) is 0 Å². The van der Waals surface area contributed by atoms with E-state index in [4.69, 9.17) is 14.6 Å². The van der Waals surface area contributed by atoms with Gasteiger partial charge in [0, 0.05) is 37.8 Å². The summed E-state index contributed by atoms with van der Waals surface area (Å²) in [5.41, 5.74) is 0.275. The van der Waals surface area contributed by atoms with Crippen LogP contribution in [0.15, 0.2) is 47.4 Å². The minimum atomic E-state index is -3.82. The van der Waals surface area contributed by atoms with Gasteiger partial charge in [-0.05, 0) is 30.3 Å². The topological polar surface area (TPSA) is 113 Å². The smallest absolute Gasteiger partial charge is 0.335 e. The van der Waals surface area contributed by atoms with Crippen LogP contribution >= 0.6 is 0 Å². The molecule has 1 aliphatic rings. The summed E-state index contributed by atoms with van der Waals surface area (Å²) in [6, 6.07) is 10.3. The average molecular weight is 434 g/mol. The van der Waals surface area contributed by atoms with Crippen LogP contribution < -0.4 is 9.47 Å². The molecular weight excluding hydrogens is 412 g/mol. The number of methoxy groups -OCH3 is 2. The predicted molar refractivity (Wildman–Crippen MR) is 108 cm³/mol. The molecule has 0 spiro atoms. The molecule has 0 aromatic heterocycles. The Morgan fingerprint density at radius 2 is 1.60 bits per heavy atom. The molecular formula is C20H22N2O7S. The minimum absolute atomic E-state index is 0.0219. The summed E-state index contributed by atoms with van der Waals surface area (Å²) in [4.78, 5) is 25.4. The SMILES string of the molecule is COc1ccc(S(=O)(=O)N2CCN(C(=O)c3cccc(C(=O)O)c3)CC2)c(OC)c1. The van der Waals surface area contributed by atoms with Crippen molar-refractivity contribution in [3.63, 3.8) is 0 Å². The molecule has 160 valence electrons. The zero-order chi connectivity index (χ0) is 21.9. The molecule has 0 unspecified atom stereocenters. The van der Waals surface area contributed by atoms with E-state index in [0.717, 1.165) is 0 Å². The van der Waals surface area contributed by atoms with E-state index in [1.165, 1.54) is 53.8 Å².